The van der Waals surface area contributed by atoms with E-state index in [1.54, 1.807) is 0 Å². The largest absolute Gasteiger partial charge is 0.313 e. The van der Waals surface area contributed by atoms with Gasteiger partial charge in [-0.05, 0) is 44.6 Å². The van der Waals surface area contributed by atoms with Crippen LogP contribution in [0.4, 0.5) is 0 Å². The third kappa shape index (κ3) is 5.24. The number of hydrogen-bond acceptors (Lipinski definition) is 3. The quantitative estimate of drug-likeness (QED) is 0.813. The van der Waals surface area contributed by atoms with Crippen LogP contribution >= 0.6 is 0 Å². The van der Waals surface area contributed by atoms with Crippen LogP contribution in [0.2, 0.25) is 0 Å². The topological polar surface area (TPSA) is 46.2 Å². The Kier molecular flexibility index (Phi) is 7.00. The molecular formula is C17H33NO2S. The summed E-state index contributed by atoms with van der Waals surface area (Å²) in [6.45, 7) is 3.10. The lowest BCUT2D eigenvalue weighted by atomic mass is 9.96. The smallest absolute Gasteiger partial charge is 0.154 e. The Morgan fingerprint density at radius 2 is 1.52 bits per heavy atom. The summed E-state index contributed by atoms with van der Waals surface area (Å²) >= 11 is 0. The summed E-state index contributed by atoms with van der Waals surface area (Å²) in [5.74, 6) is 0.884. The molecule has 21 heavy (non-hydrogen) atoms. The number of rotatable bonds is 6. The van der Waals surface area contributed by atoms with Crippen molar-refractivity contribution in [3.8, 4) is 0 Å². The fourth-order valence-corrected chi connectivity index (χ4v) is 6.57. The van der Waals surface area contributed by atoms with Gasteiger partial charge in [0.1, 0.15) is 0 Å². The summed E-state index contributed by atoms with van der Waals surface area (Å²) in [6.07, 6.45) is 12.4. The fraction of sp³-hybridized carbons (Fsp3) is 1.00. The van der Waals surface area contributed by atoms with Gasteiger partial charge in [-0.15, -0.1) is 0 Å². The predicted octanol–water partition coefficient (Wildman–Crippen LogP) is 3.68. The molecule has 0 aliphatic heterocycles. The van der Waals surface area contributed by atoms with Crippen molar-refractivity contribution in [1.82, 2.24) is 5.32 Å². The highest BCUT2D eigenvalue weighted by atomic mass is 32.2. The molecule has 3 nitrogen and oxygen atoms in total. The normalized spacial score (nSPS) is 29.2. The van der Waals surface area contributed by atoms with Crippen molar-refractivity contribution >= 4 is 9.84 Å². The molecule has 2 aliphatic rings. The molecule has 0 spiro atoms. The zero-order chi connectivity index (χ0) is 15.1. The van der Waals surface area contributed by atoms with Crippen LogP contribution in [0.3, 0.4) is 0 Å². The maximum absolute atomic E-state index is 12.9. The molecule has 2 saturated carbocycles. The summed E-state index contributed by atoms with van der Waals surface area (Å²) in [4.78, 5) is 0. The summed E-state index contributed by atoms with van der Waals surface area (Å²) < 4.78 is 25.9. The average molecular weight is 316 g/mol. The SMILES string of the molecule is CCCNC1CCCCCCC1S(=O)(=O)CC1CCCC1. The van der Waals surface area contributed by atoms with Gasteiger partial charge in [0.05, 0.1) is 11.0 Å². The van der Waals surface area contributed by atoms with E-state index in [-0.39, 0.29) is 11.3 Å². The molecular weight excluding hydrogens is 282 g/mol. The third-order valence-corrected chi connectivity index (χ3v) is 7.69. The van der Waals surface area contributed by atoms with E-state index in [1.165, 1.54) is 32.1 Å². The minimum Gasteiger partial charge on any atom is -0.313 e. The highest BCUT2D eigenvalue weighted by Crippen LogP contribution is 2.30. The minimum absolute atomic E-state index is 0.134. The van der Waals surface area contributed by atoms with Gasteiger partial charge in [-0.1, -0.05) is 45.4 Å². The lowest BCUT2D eigenvalue weighted by Gasteiger charge is -2.30. The molecule has 0 amide bonds. The molecule has 2 unspecified atom stereocenters. The lowest BCUT2D eigenvalue weighted by molar-refractivity contribution is 0.385. The summed E-state index contributed by atoms with van der Waals surface area (Å²) in [5.41, 5.74) is 0. The van der Waals surface area contributed by atoms with Crippen molar-refractivity contribution in [2.24, 2.45) is 5.92 Å². The van der Waals surface area contributed by atoms with Gasteiger partial charge in [0.2, 0.25) is 0 Å². The van der Waals surface area contributed by atoms with Crippen molar-refractivity contribution in [2.75, 3.05) is 12.3 Å². The van der Waals surface area contributed by atoms with Crippen LogP contribution in [0.25, 0.3) is 0 Å². The molecule has 2 fully saturated rings. The van der Waals surface area contributed by atoms with Gasteiger partial charge in [-0.2, -0.15) is 0 Å². The van der Waals surface area contributed by atoms with Crippen molar-refractivity contribution < 1.29 is 8.42 Å². The highest BCUT2D eigenvalue weighted by molar-refractivity contribution is 7.92. The molecule has 0 aromatic heterocycles. The first-order valence-electron chi connectivity index (χ1n) is 9.08. The van der Waals surface area contributed by atoms with E-state index in [4.69, 9.17) is 0 Å². The second kappa shape index (κ2) is 8.52. The van der Waals surface area contributed by atoms with Crippen LogP contribution in [0.5, 0.6) is 0 Å². The van der Waals surface area contributed by atoms with E-state index >= 15 is 0 Å². The zero-order valence-corrected chi connectivity index (χ0v) is 14.5. The van der Waals surface area contributed by atoms with Crippen LogP contribution in [-0.4, -0.2) is 32.0 Å². The van der Waals surface area contributed by atoms with Crippen molar-refractivity contribution in [3.63, 3.8) is 0 Å². The zero-order valence-electron chi connectivity index (χ0n) is 13.6. The molecule has 0 bridgehead atoms. The Bertz CT molecular complexity index is 386. The van der Waals surface area contributed by atoms with Crippen molar-refractivity contribution in [3.05, 3.63) is 0 Å². The van der Waals surface area contributed by atoms with Gasteiger partial charge in [0.15, 0.2) is 9.84 Å². The fourth-order valence-electron chi connectivity index (χ4n) is 4.07. The van der Waals surface area contributed by atoms with Crippen LogP contribution < -0.4 is 5.32 Å². The third-order valence-electron chi connectivity index (χ3n) is 5.26. The van der Waals surface area contributed by atoms with Gasteiger partial charge in [0.25, 0.3) is 0 Å². The first-order chi connectivity index (χ1) is 10.1. The van der Waals surface area contributed by atoms with Crippen molar-refractivity contribution in [2.45, 2.75) is 88.8 Å². The van der Waals surface area contributed by atoms with Gasteiger partial charge in [0, 0.05) is 6.04 Å². The van der Waals surface area contributed by atoms with Crippen LogP contribution in [0, 0.1) is 5.92 Å². The maximum atomic E-state index is 12.9. The summed E-state index contributed by atoms with van der Waals surface area (Å²) in [5, 5.41) is 3.41. The number of sulfone groups is 1. The van der Waals surface area contributed by atoms with E-state index in [1.807, 2.05) is 0 Å². The first kappa shape index (κ1) is 17.3. The Labute approximate surface area is 131 Å². The molecule has 2 rings (SSSR count). The molecule has 4 heteroatoms. The number of hydrogen-bond donors (Lipinski definition) is 1. The van der Waals surface area contributed by atoms with E-state index in [0.717, 1.165) is 45.1 Å². The Hall–Kier alpha value is -0.0900. The van der Waals surface area contributed by atoms with Crippen LogP contribution in [0.15, 0.2) is 0 Å². The highest BCUT2D eigenvalue weighted by Gasteiger charge is 2.35. The minimum atomic E-state index is -2.95. The Morgan fingerprint density at radius 3 is 2.19 bits per heavy atom. The van der Waals surface area contributed by atoms with Gasteiger partial charge in [-0.25, -0.2) is 8.42 Å². The van der Waals surface area contributed by atoms with E-state index < -0.39 is 9.84 Å². The molecule has 0 aromatic carbocycles. The van der Waals surface area contributed by atoms with Crippen LogP contribution in [-0.2, 0) is 9.84 Å². The van der Waals surface area contributed by atoms with Gasteiger partial charge >= 0.3 is 0 Å². The second-order valence-electron chi connectivity index (χ2n) is 7.07. The molecule has 0 saturated heterocycles. The first-order valence-corrected chi connectivity index (χ1v) is 10.8. The van der Waals surface area contributed by atoms with Gasteiger partial charge in [-0.3, -0.25) is 0 Å². The molecule has 0 radical (unpaired) electrons. The van der Waals surface area contributed by atoms with Crippen LogP contribution in [0.1, 0.15) is 77.6 Å². The standard InChI is InChI=1S/C17H33NO2S/c1-2-13-18-16-11-5-3-4-6-12-17(16)21(19,20)14-15-9-7-8-10-15/h15-18H,2-14H2,1H3. The lowest BCUT2D eigenvalue weighted by Crippen LogP contribution is -2.46. The Morgan fingerprint density at radius 1 is 0.905 bits per heavy atom. The molecule has 0 aromatic rings. The molecule has 1 N–H and O–H groups in total. The maximum Gasteiger partial charge on any atom is 0.154 e. The van der Waals surface area contributed by atoms with E-state index in [9.17, 15) is 8.42 Å². The molecule has 0 heterocycles. The molecule has 2 aliphatic carbocycles. The Balaban J connectivity index is 2.04. The molecule has 2 atom stereocenters. The van der Waals surface area contributed by atoms with E-state index in [2.05, 4.69) is 12.2 Å². The summed E-state index contributed by atoms with van der Waals surface area (Å²) in [6, 6.07) is 0.191. The predicted molar refractivity (Wildman–Crippen MR) is 89.3 cm³/mol. The van der Waals surface area contributed by atoms with Gasteiger partial charge < -0.3 is 5.32 Å². The average Bonchev–Trinajstić information content (AvgIpc) is 2.89. The number of nitrogens with one attached hydrogen (secondary N) is 1. The molecule has 124 valence electrons. The second-order valence-corrected chi connectivity index (χ2v) is 9.34. The van der Waals surface area contributed by atoms with E-state index in [0.29, 0.717) is 11.7 Å². The monoisotopic (exact) mass is 315 g/mol. The van der Waals surface area contributed by atoms with Crippen molar-refractivity contribution in [1.29, 1.82) is 0 Å². The summed E-state index contributed by atoms with van der Waals surface area (Å²) in [7, 11) is -2.95.